The third-order valence-electron chi connectivity index (χ3n) is 16.3. The normalized spacial score (nSPS) is 11.8. The summed E-state index contributed by atoms with van der Waals surface area (Å²) in [5.74, 6) is 1.56. The summed E-state index contributed by atoms with van der Waals surface area (Å²) in [6, 6.07) is 48.2. The topological polar surface area (TPSA) is 134 Å². The standard InChI is InChI=1S/C81H104O12/c1-85-75-49-43-72(44-50-75)69-37-28-66(29-38-69)34-55-79(82)91-61-25-19-13-6-4-10-16-22-58-88-64-78(90-60-24-18-12-8-9-15-21-27-63-93-81(84)57-36-68-32-41-71(42-33-68)74-47-53-77(87-3)54-48-74)65-89-59-23-17-11-5-7-14-20-26-62-92-80(83)56-35-67-30-39-70(40-31-67)73-45-51-76(86-2)52-46-73/h28-57,78H,4-27,58-65H2,1-3H3. The quantitative estimate of drug-likeness (QED) is 0.0156. The number of ether oxygens (including phenoxy) is 9. The van der Waals surface area contributed by atoms with Crippen LogP contribution in [0.5, 0.6) is 17.2 Å². The molecule has 12 nitrogen and oxygen atoms in total. The van der Waals surface area contributed by atoms with Gasteiger partial charge in [0, 0.05) is 38.0 Å². The lowest BCUT2D eigenvalue weighted by Gasteiger charge is -2.18. The number of methoxy groups -OCH3 is 3. The molecule has 0 saturated carbocycles. The van der Waals surface area contributed by atoms with Gasteiger partial charge in [0.05, 0.1) is 54.4 Å². The highest BCUT2D eigenvalue weighted by Gasteiger charge is 2.11. The van der Waals surface area contributed by atoms with Gasteiger partial charge in [0.25, 0.3) is 0 Å². The molecule has 0 aliphatic carbocycles. The van der Waals surface area contributed by atoms with E-state index in [1.807, 2.05) is 146 Å². The molecule has 0 aromatic heterocycles. The maximum Gasteiger partial charge on any atom is 0.330 e. The molecule has 6 rings (SSSR count). The summed E-state index contributed by atoms with van der Waals surface area (Å²) in [7, 11) is 4.99. The van der Waals surface area contributed by atoms with Crippen LogP contribution in [0.1, 0.15) is 171 Å². The number of unbranched alkanes of at least 4 members (excludes halogenated alkanes) is 21. The number of benzene rings is 6. The van der Waals surface area contributed by atoms with Crippen molar-refractivity contribution >= 4 is 36.1 Å². The van der Waals surface area contributed by atoms with Crippen LogP contribution < -0.4 is 14.2 Å². The Balaban J connectivity index is 0.756. The molecule has 0 saturated heterocycles. The Morgan fingerprint density at radius 3 is 0.742 bits per heavy atom. The van der Waals surface area contributed by atoms with E-state index in [1.165, 1.54) is 76.0 Å². The van der Waals surface area contributed by atoms with Crippen molar-refractivity contribution in [2.45, 2.75) is 160 Å². The lowest BCUT2D eigenvalue weighted by atomic mass is 10.0. The van der Waals surface area contributed by atoms with Crippen molar-refractivity contribution in [1.29, 1.82) is 0 Å². The van der Waals surface area contributed by atoms with Gasteiger partial charge < -0.3 is 42.6 Å². The van der Waals surface area contributed by atoms with E-state index in [1.54, 1.807) is 39.6 Å². The summed E-state index contributed by atoms with van der Waals surface area (Å²) in [5.41, 5.74) is 9.49. The number of hydrogen-bond donors (Lipinski definition) is 0. The zero-order chi connectivity index (χ0) is 65.4. The highest BCUT2D eigenvalue weighted by Crippen LogP contribution is 2.26. The van der Waals surface area contributed by atoms with E-state index in [9.17, 15) is 14.4 Å². The fourth-order valence-electron chi connectivity index (χ4n) is 10.7. The lowest BCUT2D eigenvalue weighted by molar-refractivity contribution is -0.138. The summed E-state index contributed by atoms with van der Waals surface area (Å²) >= 11 is 0. The first-order valence-corrected chi connectivity index (χ1v) is 34.3. The summed E-state index contributed by atoms with van der Waals surface area (Å²) in [6.45, 7) is 4.56. The molecular weight excluding hydrogens is 1160 g/mol. The minimum atomic E-state index is -0.309. The molecule has 0 aliphatic rings. The van der Waals surface area contributed by atoms with Crippen molar-refractivity contribution in [2.75, 3.05) is 74.2 Å². The average molecular weight is 1270 g/mol. The van der Waals surface area contributed by atoms with Gasteiger partial charge in [-0.1, -0.05) is 225 Å². The van der Waals surface area contributed by atoms with Crippen molar-refractivity contribution < 1.29 is 57.0 Å². The molecule has 93 heavy (non-hydrogen) atoms. The van der Waals surface area contributed by atoms with E-state index < -0.39 is 0 Å². The van der Waals surface area contributed by atoms with E-state index in [0.717, 1.165) is 177 Å². The Morgan fingerprint density at radius 1 is 0.280 bits per heavy atom. The Hall–Kier alpha value is -7.77. The molecule has 0 fully saturated rings. The predicted molar refractivity (Wildman–Crippen MR) is 377 cm³/mol. The largest absolute Gasteiger partial charge is 0.497 e. The second-order valence-corrected chi connectivity index (χ2v) is 23.7. The minimum absolute atomic E-state index is 0.0788. The first-order valence-electron chi connectivity index (χ1n) is 34.3. The molecule has 0 amide bonds. The van der Waals surface area contributed by atoms with E-state index in [0.29, 0.717) is 39.6 Å². The fraction of sp³-hybridized carbons (Fsp3) is 0.444. The van der Waals surface area contributed by atoms with Crippen molar-refractivity contribution in [3.63, 3.8) is 0 Å². The molecule has 6 aromatic carbocycles. The summed E-state index contributed by atoms with van der Waals surface area (Å²) in [5, 5.41) is 0. The van der Waals surface area contributed by atoms with Gasteiger partial charge in [-0.3, -0.25) is 0 Å². The van der Waals surface area contributed by atoms with Crippen LogP contribution in [0.15, 0.2) is 164 Å². The molecule has 0 unspecified atom stereocenters. The van der Waals surface area contributed by atoms with Crippen LogP contribution in [0.4, 0.5) is 0 Å². The van der Waals surface area contributed by atoms with Crippen LogP contribution in [0, 0.1) is 0 Å². The number of esters is 3. The Morgan fingerprint density at radius 2 is 0.495 bits per heavy atom. The van der Waals surface area contributed by atoms with Crippen LogP contribution in [0.2, 0.25) is 0 Å². The second-order valence-electron chi connectivity index (χ2n) is 23.7. The lowest BCUT2D eigenvalue weighted by Crippen LogP contribution is -2.26. The Bertz CT molecular complexity index is 2880. The van der Waals surface area contributed by atoms with Gasteiger partial charge in [0.15, 0.2) is 0 Å². The van der Waals surface area contributed by atoms with Crippen LogP contribution in [0.3, 0.4) is 0 Å². The van der Waals surface area contributed by atoms with Gasteiger partial charge in [0.2, 0.25) is 0 Å². The number of carbonyl (C=O) groups excluding carboxylic acids is 3. The second kappa shape index (κ2) is 47.2. The molecule has 0 N–H and O–H groups in total. The predicted octanol–water partition coefficient (Wildman–Crippen LogP) is 19.6. The van der Waals surface area contributed by atoms with Gasteiger partial charge in [-0.2, -0.15) is 0 Å². The van der Waals surface area contributed by atoms with Crippen molar-refractivity contribution in [3.8, 4) is 50.6 Å². The van der Waals surface area contributed by atoms with E-state index in [4.69, 9.17) is 42.6 Å². The van der Waals surface area contributed by atoms with Crippen LogP contribution in [-0.2, 0) is 42.8 Å². The zero-order valence-corrected chi connectivity index (χ0v) is 55.9. The van der Waals surface area contributed by atoms with E-state index in [-0.39, 0.29) is 24.0 Å². The van der Waals surface area contributed by atoms with E-state index >= 15 is 0 Å². The smallest absolute Gasteiger partial charge is 0.330 e. The Labute approximate surface area is 556 Å². The monoisotopic (exact) mass is 1270 g/mol. The zero-order valence-electron chi connectivity index (χ0n) is 55.9. The van der Waals surface area contributed by atoms with Crippen LogP contribution in [-0.4, -0.2) is 98.2 Å². The van der Waals surface area contributed by atoms with Crippen molar-refractivity contribution in [1.82, 2.24) is 0 Å². The molecule has 500 valence electrons. The molecule has 0 radical (unpaired) electrons. The van der Waals surface area contributed by atoms with Crippen LogP contribution in [0.25, 0.3) is 51.6 Å². The molecule has 6 aromatic rings. The first-order chi connectivity index (χ1) is 45.8. The SMILES string of the molecule is COc1ccc(-c2ccc(C=CC(=O)OCCCCCCCCCCOCC(COCCCCCCCCCCOC(=O)C=Cc3ccc(-c4ccc(OC)cc4)cc3)OCCCCCCCCCCOC(=O)C=Cc3ccc(-c4ccc(OC)cc4)cc3)cc2)cc1. The molecule has 0 spiro atoms. The number of rotatable bonds is 50. The first kappa shape index (κ1) is 74.3. The van der Waals surface area contributed by atoms with Gasteiger partial charge >= 0.3 is 17.9 Å². The number of hydrogen-bond acceptors (Lipinski definition) is 12. The molecule has 0 atom stereocenters. The van der Waals surface area contributed by atoms with E-state index in [2.05, 4.69) is 0 Å². The minimum Gasteiger partial charge on any atom is -0.497 e. The highest BCUT2D eigenvalue weighted by atomic mass is 16.6. The summed E-state index contributed by atoms with van der Waals surface area (Å²) in [6.07, 6.45) is 36.2. The Kier molecular flexibility index (Phi) is 37.7. The summed E-state index contributed by atoms with van der Waals surface area (Å²) < 4.78 is 50.9. The van der Waals surface area contributed by atoms with Crippen LogP contribution >= 0.6 is 0 Å². The fourth-order valence-corrected chi connectivity index (χ4v) is 10.7. The van der Waals surface area contributed by atoms with Gasteiger partial charge in [-0.05, 0) is 143 Å². The maximum absolute atomic E-state index is 12.3. The number of carbonyl (C=O) groups is 3. The van der Waals surface area contributed by atoms with Gasteiger partial charge in [-0.15, -0.1) is 0 Å². The van der Waals surface area contributed by atoms with Gasteiger partial charge in [-0.25, -0.2) is 14.4 Å². The van der Waals surface area contributed by atoms with Crippen molar-refractivity contribution in [3.05, 3.63) is 181 Å². The molecule has 0 aliphatic heterocycles. The van der Waals surface area contributed by atoms with Crippen molar-refractivity contribution in [2.24, 2.45) is 0 Å². The maximum atomic E-state index is 12.3. The molecule has 0 bridgehead atoms. The highest BCUT2D eigenvalue weighted by molar-refractivity contribution is 5.88. The van der Waals surface area contributed by atoms with Gasteiger partial charge in [0.1, 0.15) is 23.4 Å². The third kappa shape index (κ3) is 32.6. The molecular formula is C81H104O12. The molecule has 12 heteroatoms. The average Bonchev–Trinajstić information content (AvgIpc) is 2.17. The summed E-state index contributed by atoms with van der Waals surface area (Å²) in [4.78, 5) is 37.0. The third-order valence-corrected chi connectivity index (χ3v) is 16.3. The molecule has 0 heterocycles.